The summed E-state index contributed by atoms with van der Waals surface area (Å²) in [6.45, 7) is 7.94. The minimum absolute atomic E-state index is 0. The van der Waals surface area contributed by atoms with Gasteiger partial charge in [0.05, 0.1) is 26.6 Å². The average molecular weight is 834 g/mol. The van der Waals surface area contributed by atoms with Gasteiger partial charge in [-0.05, 0) is 69.8 Å². The molecule has 2 aliphatic carbocycles. The van der Waals surface area contributed by atoms with Crippen LogP contribution in [0.5, 0.6) is 0 Å². The first-order valence-electron chi connectivity index (χ1n) is 19.9. The Hall–Kier alpha value is -0.290. The number of thiol groups is 1. The highest BCUT2D eigenvalue weighted by Crippen LogP contribution is 2.39. The summed E-state index contributed by atoms with van der Waals surface area (Å²) in [5, 5.41) is 13.7. The first-order valence-corrected chi connectivity index (χ1v) is 24.3. The molecule has 15 heteroatoms. The maximum Gasteiger partial charge on any atom is 0.332 e. The van der Waals surface area contributed by atoms with E-state index in [-0.39, 0.29) is 11.7 Å². The molecule has 0 heterocycles. The minimum Gasteiger partial charge on any atom is -0.451 e. The number of methoxy groups -OCH3 is 1. The van der Waals surface area contributed by atoms with E-state index in [1.807, 2.05) is 42.2 Å². The van der Waals surface area contributed by atoms with Crippen molar-refractivity contribution in [3.8, 4) is 0 Å². The van der Waals surface area contributed by atoms with Crippen molar-refractivity contribution in [3.05, 3.63) is 0 Å². The molecule has 0 saturated heterocycles. The molecule has 0 aromatic carbocycles. The van der Waals surface area contributed by atoms with Crippen molar-refractivity contribution in [2.24, 2.45) is 28.9 Å². The molecule has 4 atom stereocenters. The molecule has 2 fully saturated rings. The minimum atomic E-state index is 0. The predicted molar refractivity (Wildman–Crippen MR) is 243 cm³/mol. The number of nitrogens with two attached hydrogens (primary N) is 6. The van der Waals surface area contributed by atoms with Gasteiger partial charge in [-0.25, -0.2) is 5.41 Å². The normalized spacial score (nSPS) is 19.4. The highest BCUT2D eigenvalue weighted by Gasteiger charge is 2.30. The highest BCUT2D eigenvalue weighted by atomic mass is 32.2. The van der Waals surface area contributed by atoms with Gasteiger partial charge in [0, 0.05) is 79.4 Å². The SMILES string of the molecule is COC(=[NH2+])CCCCCCC(C)=[NH2+].CSCC[NH+]=C(N)CCCCCCC(N)=[NH+]CCSC1CCC1C.NCCSC1CCC1SCCN.O.[2H]CS. The zero-order valence-electron chi connectivity index (χ0n) is 34.4. The Morgan fingerprint density at radius 1 is 0.731 bits per heavy atom. The first-order chi connectivity index (χ1) is 25.1. The second-order valence-electron chi connectivity index (χ2n) is 13.2. The van der Waals surface area contributed by atoms with Crippen molar-refractivity contribution in [2.45, 2.75) is 132 Å². The summed E-state index contributed by atoms with van der Waals surface area (Å²) >= 11 is 11.5. The highest BCUT2D eigenvalue weighted by molar-refractivity contribution is 8.04. The molecule has 0 radical (unpaired) electrons. The standard InChI is InChI=1S/C18H36N4S2.C10H20N2O.C8H18N2S2.CH4S.H2O/c1-15-9-10-16(15)24-14-12-22-18(20)8-6-4-3-5-7-17(19)21-11-13-23-2;1-9(11)7-5-3-4-6-8-10(12)13-2;9-3-5-11-7-1-2-8(7)12-6-4-10;1-2;/h15-16H,3-14H2,1-2H3,(H2,19,21)(H2,20,22);11-12H,3-8H2,1-2H3;7-8H,1-6,9-10H2;2H,1H3;1H2/p+4/i;;;1D;. The van der Waals surface area contributed by atoms with Gasteiger partial charge in [0.25, 0.3) is 0 Å². The molecular formula is C37H84N8O2S5+4. The van der Waals surface area contributed by atoms with E-state index in [1.165, 1.54) is 76.4 Å². The predicted octanol–water partition coefficient (Wildman–Crippen LogP) is 0.0708. The first kappa shape index (κ1) is 53.8. The fourth-order valence-corrected chi connectivity index (χ4v) is 9.45. The van der Waals surface area contributed by atoms with E-state index in [2.05, 4.69) is 47.6 Å². The lowest BCUT2D eigenvalue weighted by Crippen LogP contribution is -2.76. The van der Waals surface area contributed by atoms with Crippen LogP contribution in [0.15, 0.2) is 0 Å². The molecule has 2 saturated carbocycles. The number of rotatable bonds is 27. The van der Waals surface area contributed by atoms with Crippen molar-refractivity contribution >= 4 is 83.0 Å². The quantitative estimate of drug-likeness (QED) is 0.0236. The largest absolute Gasteiger partial charge is 0.451 e. The zero-order valence-corrected chi connectivity index (χ0v) is 37.6. The van der Waals surface area contributed by atoms with E-state index in [4.69, 9.17) is 39.9 Å². The molecule has 0 bridgehead atoms. The summed E-state index contributed by atoms with van der Waals surface area (Å²) in [7, 11) is 1.61. The molecule has 4 unspecified atom stereocenters. The molecule has 10 nitrogen and oxygen atoms in total. The number of ether oxygens (including phenoxy) is 1. The number of hydrogen-bond acceptors (Lipinski definition) is 8. The molecular weight excluding hydrogens is 749 g/mol. The smallest absolute Gasteiger partial charge is 0.332 e. The van der Waals surface area contributed by atoms with Crippen LogP contribution in [-0.2, 0) is 4.74 Å². The number of unbranched alkanes of at least 4 members (excludes halogenated alkanes) is 6. The number of hydrogen-bond donors (Lipinski definition) is 9. The summed E-state index contributed by atoms with van der Waals surface area (Å²) in [4.78, 5) is 6.65. The van der Waals surface area contributed by atoms with Crippen molar-refractivity contribution in [3.63, 3.8) is 0 Å². The average Bonchev–Trinajstić information content (AvgIpc) is 3.11. The van der Waals surface area contributed by atoms with Gasteiger partial charge in [-0.2, -0.15) is 59.7 Å². The van der Waals surface area contributed by atoms with Crippen LogP contribution in [0.1, 0.15) is 118 Å². The van der Waals surface area contributed by atoms with Crippen molar-refractivity contribution in [1.82, 2.24) is 0 Å². The summed E-state index contributed by atoms with van der Waals surface area (Å²) < 4.78 is 10.9. The third-order valence-corrected chi connectivity index (χ3v) is 14.0. The van der Waals surface area contributed by atoms with Crippen LogP contribution < -0.4 is 43.7 Å². The van der Waals surface area contributed by atoms with Crippen LogP contribution in [0.3, 0.4) is 0 Å². The van der Waals surface area contributed by atoms with E-state index in [1.54, 1.807) is 7.11 Å². The van der Waals surface area contributed by atoms with E-state index in [0.29, 0.717) is 5.90 Å². The van der Waals surface area contributed by atoms with Gasteiger partial charge in [0.15, 0.2) is 0 Å². The maximum absolute atomic E-state index is 6.07. The van der Waals surface area contributed by atoms with Crippen LogP contribution >= 0.6 is 59.7 Å². The van der Waals surface area contributed by atoms with Crippen molar-refractivity contribution in [2.75, 3.05) is 68.8 Å². The molecule has 2 rings (SSSR count). The number of amidine groups is 2. The van der Waals surface area contributed by atoms with Crippen molar-refractivity contribution < 1.29 is 32.4 Å². The Morgan fingerprint density at radius 3 is 1.52 bits per heavy atom. The molecule has 0 aromatic rings. The van der Waals surface area contributed by atoms with E-state index in [0.717, 1.165) is 115 Å². The van der Waals surface area contributed by atoms with Crippen LogP contribution in [0.25, 0.3) is 0 Å². The number of thioether (sulfide) groups is 4. The third kappa shape index (κ3) is 35.4. The lowest BCUT2D eigenvalue weighted by molar-refractivity contribution is -0.453. The van der Waals surface area contributed by atoms with Gasteiger partial charge < -0.3 is 21.7 Å². The maximum atomic E-state index is 6.07. The van der Waals surface area contributed by atoms with Gasteiger partial charge in [-0.3, -0.25) is 26.9 Å². The fraction of sp³-hybridized carbons (Fsp3) is 0.892. The van der Waals surface area contributed by atoms with Gasteiger partial charge in [0.2, 0.25) is 11.7 Å². The Bertz CT molecular complexity index is 897. The summed E-state index contributed by atoms with van der Waals surface area (Å²) in [5.74, 6) is 7.98. The lowest BCUT2D eigenvalue weighted by Gasteiger charge is -2.35. The van der Waals surface area contributed by atoms with Crippen molar-refractivity contribution in [1.29, 1.82) is 0 Å². The van der Waals surface area contributed by atoms with E-state index in [9.17, 15) is 0 Å². The molecule has 52 heavy (non-hydrogen) atoms. The summed E-state index contributed by atoms with van der Waals surface area (Å²) in [5.41, 5.74) is 23.9. The molecule has 310 valence electrons. The second kappa shape index (κ2) is 41.9. The zero-order chi connectivity index (χ0) is 39.2. The van der Waals surface area contributed by atoms with Gasteiger partial charge in [-0.15, -0.1) is 0 Å². The third-order valence-electron chi connectivity index (χ3n) is 8.68. The van der Waals surface area contributed by atoms with E-state index < -0.39 is 0 Å². The van der Waals surface area contributed by atoms with Gasteiger partial charge >= 0.3 is 5.90 Å². The van der Waals surface area contributed by atoms with Gasteiger partial charge in [0.1, 0.15) is 5.71 Å². The monoisotopic (exact) mass is 834 g/mol. The summed E-state index contributed by atoms with van der Waals surface area (Å²) in [6, 6.07) is 0. The molecule has 0 aliphatic heterocycles. The Balaban J connectivity index is -0.000000730. The topological polar surface area (TPSA) is 224 Å². The van der Waals surface area contributed by atoms with E-state index >= 15 is 0 Å². The molecule has 2 aliphatic rings. The number of nitrogens with one attached hydrogen (secondary N) is 2. The molecule has 16 N–H and O–H groups in total. The Morgan fingerprint density at radius 2 is 1.15 bits per heavy atom. The molecule has 0 amide bonds. The summed E-state index contributed by atoms with van der Waals surface area (Å²) in [6.07, 6.45) is 21.3. The fourth-order valence-electron chi connectivity index (χ4n) is 5.20. The Kier molecular flexibility index (Phi) is 43.3. The van der Waals surface area contributed by atoms with Crippen LogP contribution in [0, 0.1) is 5.92 Å². The van der Waals surface area contributed by atoms with Crippen LogP contribution in [-0.4, -0.2) is 113 Å². The van der Waals surface area contributed by atoms with Crippen LogP contribution in [0.4, 0.5) is 0 Å². The lowest BCUT2D eigenvalue weighted by atomic mass is 9.87. The second-order valence-corrected chi connectivity index (χ2v) is 18.2. The van der Waals surface area contributed by atoms with Crippen LogP contribution in [0.2, 0.25) is 0 Å². The molecule has 0 aromatic heterocycles. The van der Waals surface area contributed by atoms with Gasteiger partial charge in [-0.1, -0.05) is 32.6 Å². The molecule has 0 spiro atoms. The Labute approximate surface area is 343 Å².